The molecule has 0 unspecified atom stereocenters. The minimum atomic E-state index is -0.666. The summed E-state index contributed by atoms with van der Waals surface area (Å²) in [6.45, 7) is 1.81. The number of para-hydroxylation sites is 1. The van der Waals surface area contributed by atoms with Crippen LogP contribution in [0.15, 0.2) is 62.0 Å². The third-order valence-electron chi connectivity index (χ3n) is 4.11. The Morgan fingerprint density at radius 3 is 2.81 bits per heavy atom. The average Bonchev–Trinajstić information content (AvgIpc) is 3.13. The number of aryl methyl sites for hydroxylation is 1. The lowest BCUT2D eigenvalue weighted by Gasteiger charge is -2.02. The maximum atomic E-state index is 12.1. The molecular weight excluding hydrogens is 364 g/mol. The van der Waals surface area contributed by atoms with Crippen molar-refractivity contribution in [1.29, 1.82) is 0 Å². The molecule has 27 heavy (non-hydrogen) atoms. The van der Waals surface area contributed by atoms with E-state index in [1.165, 1.54) is 17.6 Å². The van der Waals surface area contributed by atoms with Crippen LogP contribution in [-0.4, -0.2) is 21.4 Å². The maximum Gasteiger partial charge on any atom is 0.348 e. The molecule has 0 radical (unpaired) electrons. The van der Waals surface area contributed by atoms with Gasteiger partial charge in [-0.05, 0) is 42.8 Å². The SMILES string of the molecule is Cc1cc(-c2csc(/N=C/c3c(O)c4ccccc4oc3=O)n2)ccc1O. The first kappa shape index (κ1) is 17.0. The highest BCUT2D eigenvalue weighted by Gasteiger charge is 2.12. The van der Waals surface area contributed by atoms with Crippen molar-refractivity contribution in [3.05, 3.63) is 69.4 Å². The van der Waals surface area contributed by atoms with Crippen LogP contribution in [0.3, 0.4) is 0 Å². The summed E-state index contributed by atoms with van der Waals surface area (Å²) in [7, 11) is 0. The number of fused-ring (bicyclic) bond motifs is 1. The summed E-state index contributed by atoms with van der Waals surface area (Å²) < 4.78 is 5.21. The highest BCUT2D eigenvalue weighted by atomic mass is 32.1. The van der Waals surface area contributed by atoms with Crippen molar-refractivity contribution in [2.45, 2.75) is 6.92 Å². The number of rotatable bonds is 3. The molecule has 0 aliphatic heterocycles. The fourth-order valence-corrected chi connectivity index (χ4v) is 3.32. The molecule has 2 N–H and O–H groups in total. The lowest BCUT2D eigenvalue weighted by atomic mass is 10.1. The lowest BCUT2D eigenvalue weighted by molar-refractivity contribution is 0.466. The third kappa shape index (κ3) is 3.20. The van der Waals surface area contributed by atoms with Gasteiger partial charge in [0.15, 0.2) is 0 Å². The number of hydrogen-bond donors (Lipinski definition) is 2. The molecule has 0 fully saturated rings. The van der Waals surface area contributed by atoms with Crippen LogP contribution in [0.4, 0.5) is 5.13 Å². The maximum absolute atomic E-state index is 12.1. The average molecular weight is 378 g/mol. The molecule has 0 aliphatic rings. The van der Waals surface area contributed by atoms with Crippen LogP contribution in [0.25, 0.3) is 22.2 Å². The van der Waals surface area contributed by atoms with Crippen LogP contribution in [0, 0.1) is 6.92 Å². The monoisotopic (exact) mass is 378 g/mol. The largest absolute Gasteiger partial charge is 0.508 e. The summed E-state index contributed by atoms with van der Waals surface area (Å²) >= 11 is 1.30. The predicted octanol–water partition coefficient (Wildman–Crippen LogP) is 4.39. The first-order valence-corrected chi connectivity index (χ1v) is 8.95. The molecule has 0 aliphatic carbocycles. The minimum Gasteiger partial charge on any atom is -0.508 e. The Morgan fingerprint density at radius 2 is 2.00 bits per heavy atom. The van der Waals surface area contributed by atoms with Crippen molar-refractivity contribution >= 4 is 33.7 Å². The molecule has 134 valence electrons. The van der Waals surface area contributed by atoms with E-state index in [4.69, 9.17) is 4.42 Å². The van der Waals surface area contributed by atoms with Gasteiger partial charge in [0.25, 0.3) is 0 Å². The van der Waals surface area contributed by atoms with Crippen LogP contribution in [0.1, 0.15) is 11.1 Å². The van der Waals surface area contributed by atoms with Gasteiger partial charge in [-0.2, -0.15) is 0 Å². The van der Waals surface area contributed by atoms with Gasteiger partial charge in [-0.15, -0.1) is 11.3 Å². The standard InChI is InChI=1S/C20H14N2O4S/c1-11-8-12(6-7-16(11)23)15-10-27-20(22-15)21-9-14-18(24)13-4-2-3-5-17(13)26-19(14)25/h2-10,23-24H,1H3/b21-9+. The summed E-state index contributed by atoms with van der Waals surface area (Å²) in [5.41, 5.74) is 1.95. The van der Waals surface area contributed by atoms with Gasteiger partial charge in [-0.3, -0.25) is 0 Å². The molecule has 2 heterocycles. The number of hydrogen-bond acceptors (Lipinski definition) is 7. The van der Waals surface area contributed by atoms with E-state index in [0.717, 1.165) is 11.1 Å². The van der Waals surface area contributed by atoms with Crippen LogP contribution < -0.4 is 5.63 Å². The number of aromatic nitrogens is 1. The molecule has 0 bridgehead atoms. The minimum absolute atomic E-state index is 0.0223. The quantitative estimate of drug-likeness (QED) is 0.407. The van der Waals surface area contributed by atoms with E-state index in [9.17, 15) is 15.0 Å². The summed E-state index contributed by atoms with van der Waals surface area (Å²) in [5, 5.41) is 22.7. The fraction of sp³-hybridized carbons (Fsp3) is 0.0500. The molecule has 6 nitrogen and oxygen atoms in total. The Balaban J connectivity index is 1.68. The number of benzene rings is 2. The van der Waals surface area contributed by atoms with Crippen LogP contribution in [0.2, 0.25) is 0 Å². The van der Waals surface area contributed by atoms with Gasteiger partial charge in [-0.25, -0.2) is 14.8 Å². The first-order chi connectivity index (χ1) is 13.0. The van der Waals surface area contributed by atoms with Crippen molar-refractivity contribution < 1.29 is 14.6 Å². The molecule has 0 saturated heterocycles. The Labute approximate surface area is 157 Å². The molecule has 4 aromatic rings. The van der Waals surface area contributed by atoms with Gasteiger partial charge >= 0.3 is 5.63 Å². The van der Waals surface area contributed by atoms with Crippen LogP contribution >= 0.6 is 11.3 Å². The van der Waals surface area contributed by atoms with Gasteiger partial charge in [0.1, 0.15) is 22.6 Å². The second kappa shape index (κ2) is 6.69. The van der Waals surface area contributed by atoms with E-state index in [0.29, 0.717) is 21.8 Å². The smallest absolute Gasteiger partial charge is 0.348 e. The summed E-state index contributed by atoms with van der Waals surface area (Å²) in [5.74, 6) is 0.0577. The number of aliphatic imine (C=N–C) groups is 1. The Bertz CT molecular complexity index is 1240. The van der Waals surface area contributed by atoms with Crippen LogP contribution in [-0.2, 0) is 0 Å². The summed E-state index contributed by atoms with van der Waals surface area (Å²) in [6.07, 6.45) is 1.26. The van der Waals surface area contributed by atoms with Gasteiger partial charge < -0.3 is 14.6 Å². The Kier molecular flexibility index (Phi) is 4.21. The van der Waals surface area contributed by atoms with E-state index in [2.05, 4.69) is 9.98 Å². The number of phenols is 1. The number of phenolic OH excluding ortho intramolecular Hbond substituents is 1. The molecule has 7 heteroatoms. The number of aromatic hydroxyl groups is 2. The lowest BCUT2D eigenvalue weighted by Crippen LogP contribution is -2.06. The van der Waals surface area contributed by atoms with Crippen molar-refractivity contribution in [2.75, 3.05) is 0 Å². The molecular formula is C20H14N2O4S. The zero-order valence-corrected chi connectivity index (χ0v) is 15.0. The van der Waals surface area contributed by atoms with Gasteiger partial charge in [-0.1, -0.05) is 12.1 Å². The molecule has 0 atom stereocenters. The molecule has 0 spiro atoms. The molecule has 4 rings (SSSR count). The number of thiazole rings is 1. The van der Waals surface area contributed by atoms with Gasteiger partial charge in [0.2, 0.25) is 5.13 Å². The molecule has 0 saturated carbocycles. The van der Waals surface area contributed by atoms with Crippen molar-refractivity contribution in [3.8, 4) is 22.8 Å². The number of nitrogens with zero attached hydrogens (tertiary/aromatic N) is 2. The zero-order chi connectivity index (χ0) is 19.0. The highest BCUT2D eigenvalue weighted by molar-refractivity contribution is 7.13. The van der Waals surface area contributed by atoms with E-state index < -0.39 is 5.63 Å². The van der Waals surface area contributed by atoms with E-state index in [-0.39, 0.29) is 17.1 Å². The predicted molar refractivity (Wildman–Crippen MR) is 105 cm³/mol. The Morgan fingerprint density at radius 1 is 1.19 bits per heavy atom. The molecule has 2 aromatic heterocycles. The van der Waals surface area contributed by atoms with Gasteiger partial charge in [0, 0.05) is 17.2 Å². The topological polar surface area (TPSA) is 95.9 Å². The van der Waals surface area contributed by atoms with E-state index >= 15 is 0 Å². The Hall–Kier alpha value is -3.45. The first-order valence-electron chi connectivity index (χ1n) is 8.07. The van der Waals surface area contributed by atoms with Crippen molar-refractivity contribution in [1.82, 2.24) is 4.98 Å². The zero-order valence-electron chi connectivity index (χ0n) is 14.2. The van der Waals surface area contributed by atoms with Crippen LogP contribution in [0.5, 0.6) is 11.5 Å². The third-order valence-corrected chi connectivity index (χ3v) is 4.86. The summed E-state index contributed by atoms with van der Waals surface area (Å²) in [6, 6.07) is 12.0. The van der Waals surface area contributed by atoms with Crippen molar-refractivity contribution in [2.24, 2.45) is 4.99 Å². The second-order valence-electron chi connectivity index (χ2n) is 5.92. The normalized spacial score (nSPS) is 11.4. The van der Waals surface area contributed by atoms with Crippen molar-refractivity contribution in [3.63, 3.8) is 0 Å². The summed E-state index contributed by atoms with van der Waals surface area (Å²) in [4.78, 5) is 20.7. The second-order valence-corrected chi connectivity index (χ2v) is 6.76. The van der Waals surface area contributed by atoms with E-state index in [1.54, 1.807) is 36.4 Å². The molecule has 2 aromatic carbocycles. The van der Waals surface area contributed by atoms with Gasteiger partial charge in [0.05, 0.1) is 11.1 Å². The van der Waals surface area contributed by atoms with E-state index in [1.807, 2.05) is 18.4 Å². The molecule has 0 amide bonds. The fourth-order valence-electron chi connectivity index (χ4n) is 2.65. The highest BCUT2D eigenvalue weighted by Crippen LogP contribution is 2.30.